The minimum Gasteiger partial charge on any atom is -0.478 e. The molecule has 1 aliphatic carbocycles. The van der Waals surface area contributed by atoms with Gasteiger partial charge in [-0.3, -0.25) is 4.98 Å². The smallest absolute Gasteiger partial charge is 0.336 e. The van der Waals surface area contributed by atoms with E-state index < -0.39 is 11.9 Å². The van der Waals surface area contributed by atoms with E-state index in [-0.39, 0.29) is 23.1 Å². The SMILES string of the molecule is O=C(O)c1ccnc2c1CC(C(F)(F)c1ccccc1)=C2. The molecule has 1 aliphatic rings. The zero-order valence-electron chi connectivity index (χ0n) is 10.9. The lowest BCUT2D eigenvalue weighted by molar-refractivity contribution is 0.0371. The van der Waals surface area contributed by atoms with E-state index in [2.05, 4.69) is 4.98 Å². The van der Waals surface area contributed by atoms with Gasteiger partial charge in [-0.05, 0) is 17.7 Å². The molecular formula is C16H11F2NO2. The van der Waals surface area contributed by atoms with Crippen LogP contribution in [0, 0.1) is 0 Å². The van der Waals surface area contributed by atoms with Crippen LogP contribution in [0.2, 0.25) is 0 Å². The average molecular weight is 287 g/mol. The Labute approximate surface area is 119 Å². The third kappa shape index (κ3) is 2.20. The molecule has 2 aromatic rings. The lowest BCUT2D eigenvalue weighted by atomic mass is 9.97. The predicted octanol–water partition coefficient (Wildman–Crippen LogP) is 3.51. The summed E-state index contributed by atoms with van der Waals surface area (Å²) >= 11 is 0. The number of halogens is 2. The van der Waals surface area contributed by atoms with Gasteiger partial charge >= 0.3 is 5.97 Å². The monoisotopic (exact) mass is 287 g/mol. The van der Waals surface area contributed by atoms with Crippen LogP contribution in [0.1, 0.15) is 27.2 Å². The number of rotatable bonds is 3. The molecule has 0 bridgehead atoms. The molecule has 0 amide bonds. The van der Waals surface area contributed by atoms with Gasteiger partial charge in [-0.15, -0.1) is 0 Å². The lowest BCUT2D eigenvalue weighted by Gasteiger charge is -2.18. The molecule has 0 atom stereocenters. The van der Waals surface area contributed by atoms with Crippen molar-refractivity contribution in [2.24, 2.45) is 0 Å². The number of carbonyl (C=O) groups is 1. The number of aromatic carboxylic acids is 1. The number of alkyl halides is 2. The highest BCUT2D eigenvalue weighted by Crippen LogP contribution is 2.42. The largest absolute Gasteiger partial charge is 0.478 e. The molecular weight excluding hydrogens is 276 g/mol. The van der Waals surface area contributed by atoms with Crippen molar-refractivity contribution in [3.05, 3.63) is 70.6 Å². The Balaban J connectivity index is 2.01. The van der Waals surface area contributed by atoms with E-state index in [9.17, 15) is 13.6 Å². The molecule has 1 heterocycles. The molecule has 0 saturated carbocycles. The number of allylic oxidation sites excluding steroid dienone is 1. The Morgan fingerprint density at radius 2 is 1.90 bits per heavy atom. The Kier molecular flexibility index (Phi) is 3.05. The van der Waals surface area contributed by atoms with Crippen molar-refractivity contribution in [3.63, 3.8) is 0 Å². The first kappa shape index (κ1) is 13.4. The summed E-state index contributed by atoms with van der Waals surface area (Å²) in [5.41, 5.74) is 0.428. The summed E-state index contributed by atoms with van der Waals surface area (Å²) in [4.78, 5) is 15.1. The van der Waals surface area contributed by atoms with Crippen molar-refractivity contribution >= 4 is 12.0 Å². The Morgan fingerprint density at radius 1 is 1.19 bits per heavy atom. The van der Waals surface area contributed by atoms with Gasteiger partial charge in [0.1, 0.15) is 0 Å². The van der Waals surface area contributed by atoms with Gasteiger partial charge in [-0.25, -0.2) is 4.79 Å². The van der Waals surface area contributed by atoms with Gasteiger partial charge in [-0.1, -0.05) is 30.3 Å². The molecule has 0 spiro atoms. The number of nitrogens with zero attached hydrogens (tertiary/aromatic N) is 1. The van der Waals surface area contributed by atoms with Crippen LogP contribution in [0.25, 0.3) is 6.08 Å². The van der Waals surface area contributed by atoms with Gasteiger partial charge in [0, 0.05) is 23.8 Å². The fourth-order valence-corrected chi connectivity index (χ4v) is 2.46. The molecule has 1 aromatic carbocycles. The number of hydrogen-bond acceptors (Lipinski definition) is 2. The van der Waals surface area contributed by atoms with Crippen molar-refractivity contribution in [3.8, 4) is 0 Å². The van der Waals surface area contributed by atoms with Crippen LogP contribution in [0.3, 0.4) is 0 Å². The van der Waals surface area contributed by atoms with Crippen LogP contribution in [-0.4, -0.2) is 16.1 Å². The second-order valence-electron chi connectivity index (χ2n) is 4.81. The number of benzene rings is 1. The molecule has 21 heavy (non-hydrogen) atoms. The molecule has 3 rings (SSSR count). The van der Waals surface area contributed by atoms with E-state index in [0.29, 0.717) is 11.3 Å². The second-order valence-corrected chi connectivity index (χ2v) is 4.81. The maximum atomic E-state index is 14.5. The standard InChI is InChI=1S/C16H11F2NO2/c17-16(18,10-4-2-1-3-5-10)11-8-13-12(15(20)21)6-7-19-14(13)9-11/h1-7,9H,8H2,(H,20,21). The number of hydrogen-bond donors (Lipinski definition) is 1. The van der Waals surface area contributed by atoms with Crippen LogP contribution in [0.15, 0.2) is 48.2 Å². The predicted molar refractivity (Wildman–Crippen MR) is 73.2 cm³/mol. The molecule has 1 N–H and O–H groups in total. The van der Waals surface area contributed by atoms with Gasteiger partial charge in [0.25, 0.3) is 5.92 Å². The van der Waals surface area contributed by atoms with E-state index in [1.54, 1.807) is 18.2 Å². The van der Waals surface area contributed by atoms with Crippen LogP contribution >= 0.6 is 0 Å². The summed E-state index contributed by atoms with van der Waals surface area (Å²) in [6.45, 7) is 0. The van der Waals surface area contributed by atoms with E-state index in [4.69, 9.17) is 5.11 Å². The van der Waals surface area contributed by atoms with Crippen molar-refractivity contribution in [1.82, 2.24) is 4.98 Å². The first-order chi connectivity index (χ1) is 10.00. The number of fused-ring (bicyclic) bond motifs is 1. The minimum atomic E-state index is -3.14. The molecule has 0 saturated heterocycles. The highest BCUT2D eigenvalue weighted by Gasteiger charge is 2.39. The maximum absolute atomic E-state index is 14.5. The van der Waals surface area contributed by atoms with Gasteiger partial charge < -0.3 is 5.11 Å². The van der Waals surface area contributed by atoms with Crippen molar-refractivity contribution < 1.29 is 18.7 Å². The zero-order chi connectivity index (χ0) is 15.0. The summed E-state index contributed by atoms with van der Waals surface area (Å²) in [6, 6.07) is 8.81. The number of aromatic nitrogens is 1. The number of carboxylic acids is 1. The second kappa shape index (κ2) is 4.77. The topological polar surface area (TPSA) is 50.2 Å². The summed E-state index contributed by atoms with van der Waals surface area (Å²) < 4.78 is 29.0. The van der Waals surface area contributed by atoms with Crippen molar-refractivity contribution in [2.75, 3.05) is 0 Å². The first-order valence-corrected chi connectivity index (χ1v) is 6.35. The molecule has 106 valence electrons. The fraction of sp³-hybridized carbons (Fsp3) is 0.125. The van der Waals surface area contributed by atoms with E-state index in [1.807, 2.05) is 0 Å². The summed E-state index contributed by atoms with van der Waals surface area (Å²) in [6.07, 6.45) is 2.50. The average Bonchev–Trinajstić information content (AvgIpc) is 2.92. The Morgan fingerprint density at radius 3 is 2.57 bits per heavy atom. The fourth-order valence-electron chi connectivity index (χ4n) is 2.46. The number of carboxylic acid groups (broad SMARTS) is 1. The highest BCUT2D eigenvalue weighted by molar-refractivity contribution is 5.91. The minimum absolute atomic E-state index is 0.0233. The zero-order valence-corrected chi connectivity index (χ0v) is 10.9. The molecule has 5 heteroatoms. The van der Waals surface area contributed by atoms with Crippen molar-refractivity contribution in [1.29, 1.82) is 0 Å². The third-order valence-electron chi connectivity index (χ3n) is 3.54. The molecule has 3 nitrogen and oxygen atoms in total. The summed E-state index contributed by atoms with van der Waals surface area (Å²) in [7, 11) is 0. The van der Waals surface area contributed by atoms with Gasteiger partial charge in [0.15, 0.2) is 0 Å². The normalized spacial score (nSPS) is 13.7. The lowest BCUT2D eigenvalue weighted by Crippen LogP contribution is -2.17. The molecule has 0 unspecified atom stereocenters. The molecule has 0 fully saturated rings. The molecule has 0 radical (unpaired) electrons. The maximum Gasteiger partial charge on any atom is 0.336 e. The molecule has 1 aromatic heterocycles. The van der Waals surface area contributed by atoms with E-state index in [0.717, 1.165) is 0 Å². The summed E-state index contributed by atoms with van der Waals surface area (Å²) in [5, 5.41) is 9.12. The van der Waals surface area contributed by atoms with E-state index >= 15 is 0 Å². The van der Waals surface area contributed by atoms with Gasteiger partial charge in [-0.2, -0.15) is 8.78 Å². The van der Waals surface area contributed by atoms with Gasteiger partial charge in [0.2, 0.25) is 0 Å². The van der Waals surface area contributed by atoms with Crippen LogP contribution < -0.4 is 0 Å². The first-order valence-electron chi connectivity index (χ1n) is 6.35. The molecule has 0 aliphatic heterocycles. The third-order valence-corrected chi connectivity index (χ3v) is 3.54. The Bertz CT molecular complexity index is 739. The van der Waals surface area contributed by atoms with Crippen molar-refractivity contribution in [2.45, 2.75) is 12.3 Å². The summed E-state index contributed by atoms with van der Waals surface area (Å²) in [5.74, 6) is -4.27. The quantitative estimate of drug-likeness (QED) is 0.939. The van der Waals surface area contributed by atoms with Crippen LogP contribution in [-0.2, 0) is 12.3 Å². The number of pyridine rings is 1. The van der Waals surface area contributed by atoms with Gasteiger partial charge in [0.05, 0.1) is 11.3 Å². The van der Waals surface area contributed by atoms with Crippen LogP contribution in [0.5, 0.6) is 0 Å². The van der Waals surface area contributed by atoms with Crippen LogP contribution in [0.4, 0.5) is 8.78 Å². The van der Waals surface area contributed by atoms with E-state index in [1.165, 1.54) is 30.5 Å². The highest BCUT2D eigenvalue weighted by atomic mass is 19.3. The Hall–Kier alpha value is -2.56.